The number of carbonyl (C=O) groups is 2. The van der Waals surface area contributed by atoms with E-state index in [2.05, 4.69) is 0 Å². The third kappa shape index (κ3) is 4.23. The van der Waals surface area contributed by atoms with Crippen LogP contribution in [0.1, 0.15) is 58.5 Å². The summed E-state index contributed by atoms with van der Waals surface area (Å²) in [4.78, 5) is 24.3. The van der Waals surface area contributed by atoms with Gasteiger partial charge in [-0.05, 0) is 51.8 Å². The topological polar surface area (TPSA) is 49.9 Å². The van der Waals surface area contributed by atoms with Crippen molar-refractivity contribution in [2.75, 3.05) is 30.9 Å². The highest BCUT2D eigenvalue weighted by Gasteiger charge is 2.25. The molecule has 0 unspecified atom stereocenters. The first kappa shape index (κ1) is 5.55. The highest BCUT2D eigenvalue weighted by Crippen LogP contribution is 2.19. The predicted octanol–water partition coefficient (Wildman–Crippen LogP) is 2.95. The monoisotopic (exact) mass is 319 g/mol. The molecule has 0 atom stereocenters. The number of ether oxygens (including phenoxy) is 1. The molecule has 0 aromatic heterocycles. The number of hydrogen-bond acceptors (Lipinski definition) is 4. The largest absolute Gasteiger partial charge is 0.444 e. The van der Waals surface area contributed by atoms with E-state index in [1.165, 1.54) is 20.8 Å². The summed E-state index contributed by atoms with van der Waals surface area (Å²) in [5.74, 6) is -1.78. The first-order chi connectivity index (χ1) is 16.2. The van der Waals surface area contributed by atoms with E-state index in [0.717, 1.165) is 0 Å². The zero-order chi connectivity index (χ0) is 29.5. The van der Waals surface area contributed by atoms with Crippen molar-refractivity contribution in [1.82, 2.24) is 4.90 Å². The summed E-state index contributed by atoms with van der Waals surface area (Å²) in [5, 5.41) is 0. The van der Waals surface area contributed by atoms with E-state index in [1.54, 1.807) is 0 Å². The number of Topliss-reactive ketones (excluding diaryl/α,β-unsaturated/α-hetero) is 1. The van der Waals surface area contributed by atoms with Crippen LogP contribution in [-0.2, 0) is 4.74 Å². The summed E-state index contributed by atoms with van der Waals surface area (Å²) in [6, 6.07) is -5.25. The molecular weight excluding hydrogens is 280 g/mol. The Balaban J connectivity index is 2.94. The number of benzene rings is 1. The lowest BCUT2D eigenvalue weighted by atomic mass is 10.1. The van der Waals surface area contributed by atoms with E-state index in [0.29, 0.717) is 0 Å². The van der Waals surface area contributed by atoms with Crippen LogP contribution >= 0.6 is 0 Å². The van der Waals surface area contributed by atoms with Crippen molar-refractivity contribution < 1.29 is 34.9 Å². The van der Waals surface area contributed by atoms with E-state index >= 15 is 0 Å². The lowest BCUT2D eigenvalue weighted by molar-refractivity contribution is 0.0240. The number of rotatable bonds is 2. The molecule has 5 nitrogen and oxygen atoms in total. The Labute approximate surface area is 152 Å². The van der Waals surface area contributed by atoms with Gasteiger partial charge in [-0.3, -0.25) is 4.79 Å². The van der Waals surface area contributed by atoms with Crippen LogP contribution in [0.15, 0.2) is 24.2 Å². The van der Waals surface area contributed by atoms with Crippen LogP contribution in [0.5, 0.6) is 0 Å². The molecule has 1 aliphatic rings. The third-order valence-electron chi connectivity index (χ3n) is 2.19. The summed E-state index contributed by atoms with van der Waals surface area (Å²) in [5.41, 5.74) is -3.82. The molecule has 1 aromatic carbocycles. The van der Waals surface area contributed by atoms with E-state index in [-0.39, 0.29) is 4.90 Å². The quantitative estimate of drug-likeness (QED) is 0.787. The maximum Gasteiger partial charge on any atom is 0.410 e. The van der Waals surface area contributed by atoms with Crippen molar-refractivity contribution in [3.05, 3.63) is 29.7 Å². The second kappa shape index (κ2) is 6.38. The minimum absolute atomic E-state index is 0.314. The predicted molar refractivity (Wildman–Crippen MR) is 86.5 cm³/mol. The summed E-state index contributed by atoms with van der Waals surface area (Å²) >= 11 is 0. The molecule has 1 fully saturated rings. The molecule has 0 radical (unpaired) electrons. The van der Waals surface area contributed by atoms with Gasteiger partial charge in [-0.15, -0.1) is 0 Å². The molecule has 0 aliphatic carbocycles. The van der Waals surface area contributed by atoms with Gasteiger partial charge in [0.1, 0.15) is 5.60 Å². The van der Waals surface area contributed by atoms with E-state index in [9.17, 15) is 9.59 Å². The Bertz CT molecular complexity index is 1080. The summed E-state index contributed by atoms with van der Waals surface area (Å²) in [6.07, 6.45) is -1.76. The Kier molecular flexibility index (Phi) is 1.61. The first-order valence-electron chi connectivity index (χ1n) is 13.7. The second-order valence-electron chi connectivity index (χ2n) is 5.15. The SMILES string of the molecule is [2H]c1c([2H])c(N2C([2H])([2H])C([2H])([2H])N(C(=O)OC(C)(C)C)C([2H])([2H])C2([2H])[2H])c([2H])c([2H])c1C(=O)C([2H])([2H])[2H]. The van der Waals surface area contributed by atoms with Crippen molar-refractivity contribution in [2.45, 2.75) is 33.2 Å². The molecule has 22 heavy (non-hydrogen) atoms. The van der Waals surface area contributed by atoms with E-state index in [1.807, 2.05) is 0 Å². The average Bonchev–Trinajstić information content (AvgIpc) is 2.65. The van der Waals surface area contributed by atoms with Gasteiger partial charge in [0.05, 0.1) is 16.4 Å². The fourth-order valence-electron chi connectivity index (χ4n) is 1.30. The maximum atomic E-state index is 12.8. The standard InChI is InChI=1S/C17H24N2O3/c1-13(20)14-5-7-15(8-6-14)18-9-11-19(12-10-18)16(21)22-17(2,3)4/h5-8H,9-12H2,1-4H3/i1D3,5D,6D,7D,8D,9D2,10D2,11D2,12D2. The van der Waals surface area contributed by atoms with E-state index in [4.69, 9.17) is 25.3 Å². The number of amides is 1. The van der Waals surface area contributed by atoms with E-state index < -0.39 is 90.6 Å². The van der Waals surface area contributed by atoms with Gasteiger partial charge in [-0.1, -0.05) is 0 Å². The Morgan fingerprint density at radius 2 is 1.77 bits per heavy atom. The number of hydrogen-bond donors (Lipinski definition) is 0. The van der Waals surface area contributed by atoms with Crippen molar-refractivity contribution in [3.8, 4) is 0 Å². The van der Waals surface area contributed by atoms with Crippen LogP contribution in [-0.4, -0.2) is 48.4 Å². The number of piperazine rings is 1. The Morgan fingerprint density at radius 3 is 2.27 bits per heavy atom. The Hall–Kier alpha value is -2.04. The summed E-state index contributed by atoms with van der Waals surface area (Å²) < 4.78 is 126. The van der Waals surface area contributed by atoms with Gasteiger partial charge in [0.25, 0.3) is 0 Å². The van der Waals surface area contributed by atoms with Gasteiger partial charge in [-0.25, -0.2) is 4.79 Å². The number of ketones is 1. The van der Waals surface area contributed by atoms with Crippen LogP contribution in [0.3, 0.4) is 0 Å². The number of anilines is 1. The molecule has 0 spiro atoms. The molecule has 0 N–H and O–H groups in total. The van der Waals surface area contributed by atoms with Crippen molar-refractivity contribution in [3.63, 3.8) is 0 Å². The molecule has 1 amide bonds. The normalized spacial score (nSPS) is 35.3. The molecule has 0 bridgehead atoms. The molecule has 120 valence electrons. The smallest absolute Gasteiger partial charge is 0.410 e. The molecule has 1 aromatic rings. The minimum atomic E-state index is -3.78. The molecule has 2 rings (SSSR count). The molecule has 0 saturated carbocycles. The minimum Gasteiger partial charge on any atom is -0.444 e. The van der Waals surface area contributed by atoms with Crippen LogP contribution in [0.4, 0.5) is 10.5 Å². The zero-order valence-corrected chi connectivity index (χ0v) is 12.1. The molecule has 1 aliphatic heterocycles. The second-order valence-corrected chi connectivity index (χ2v) is 5.15. The van der Waals surface area contributed by atoms with Crippen molar-refractivity contribution in [2.24, 2.45) is 0 Å². The van der Waals surface area contributed by atoms with Crippen LogP contribution in [0, 0.1) is 0 Å². The highest BCUT2D eigenvalue weighted by molar-refractivity contribution is 5.94. The van der Waals surface area contributed by atoms with Gasteiger partial charge in [0.2, 0.25) is 0 Å². The Morgan fingerprint density at radius 1 is 1.18 bits per heavy atom. The number of carbonyl (C=O) groups excluding carboxylic acids is 2. The fraction of sp³-hybridized carbons (Fsp3) is 0.529. The average molecular weight is 319 g/mol. The summed E-state index contributed by atoms with van der Waals surface area (Å²) in [7, 11) is 0. The molecular formula is C17H24N2O3. The third-order valence-corrected chi connectivity index (χ3v) is 2.19. The number of nitrogens with zero attached hydrogens (tertiary/aromatic N) is 2. The first-order valence-corrected chi connectivity index (χ1v) is 6.16. The highest BCUT2D eigenvalue weighted by atomic mass is 16.6. The van der Waals surface area contributed by atoms with Gasteiger partial charge >= 0.3 is 6.09 Å². The molecule has 1 heterocycles. The maximum absolute atomic E-state index is 12.8. The molecule has 5 heteroatoms. The van der Waals surface area contributed by atoms with Crippen LogP contribution in [0.25, 0.3) is 0 Å². The van der Waals surface area contributed by atoms with Crippen molar-refractivity contribution in [1.29, 1.82) is 0 Å². The summed E-state index contributed by atoms with van der Waals surface area (Å²) in [6.45, 7) is -14.4. The molecule has 1 saturated heterocycles. The van der Waals surface area contributed by atoms with Crippen LogP contribution < -0.4 is 4.90 Å². The zero-order valence-electron chi connectivity index (χ0n) is 27.1. The lowest BCUT2D eigenvalue weighted by Gasteiger charge is -2.36. The van der Waals surface area contributed by atoms with Gasteiger partial charge in [-0.2, -0.15) is 0 Å². The van der Waals surface area contributed by atoms with Gasteiger partial charge in [0.15, 0.2) is 5.78 Å². The van der Waals surface area contributed by atoms with Gasteiger partial charge < -0.3 is 14.5 Å². The van der Waals surface area contributed by atoms with Crippen molar-refractivity contribution >= 4 is 17.6 Å². The fourth-order valence-corrected chi connectivity index (χ4v) is 1.30. The lowest BCUT2D eigenvalue weighted by Crippen LogP contribution is -2.50. The van der Waals surface area contributed by atoms with Gasteiger partial charge in [0, 0.05) is 41.4 Å². The van der Waals surface area contributed by atoms with Crippen LogP contribution in [0.2, 0.25) is 0 Å².